The van der Waals surface area contributed by atoms with Crippen molar-refractivity contribution >= 4 is 24.2 Å². The zero-order valence-electron chi connectivity index (χ0n) is 11.2. The van der Waals surface area contributed by atoms with Crippen LogP contribution >= 0.6 is 24.2 Å². The zero-order valence-corrected chi connectivity index (χ0v) is 12.8. The maximum atomic E-state index is 12.4. The molecule has 0 saturated heterocycles. The summed E-state index contributed by atoms with van der Waals surface area (Å²) >= 11 is 10.1. The molecule has 0 bridgehead atoms. The van der Waals surface area contributed by atoms with Crippen molar-refractivity contribution in [2.75, 3.05) is 13.7 Å². The molecule has 2 rings (SSSR count). The third-order valence-corrected chi connectivity index (χ3v) is 3.68. The molecule has 0 atom stereocenters. The minimum Gasteiger partial charge on any atom is -0.383 e. The van der Waals surface area contributed by atoms with Gasteiger partial charge < -0.3 is 9.30 Å². The van der Waals surface area contributed by atoms with Gasteiger partial charge in [-0.15, -0.1) is 0 Å². The fourth-order valence-corrected chi connectivity index (χ4v) is 2.39. The Morgan fingerprint density at radius 2 is 1.90 bits per heavy atom. The molecular weight excluding hydrogens is 294 g/mol. The van der Waals surface area contributed by atoms with Crippen LogP contribution in [-0.4, -0.2) is 18.3 Å². The second-order valence-corrected chi connectivity index (χ2v) is 5.11. The third-order valence-electron chi connectivity index (χ3n) is 3.08. The van der Waals surface area contributed by atoms with Gasteiger partial charge in [0.05, 0.1) is 12.3 Å². The zero-order chi connectivity index (χ0) is 14.5. The monoisotopic (exact) mass is 309 g/mol. The van der Waals surface area contributed by atoms with Crippen LogP contribution in [0.1, 0.15) is 5.56 Å². The highest BCUT2D eigenvalue weighted by Crippen LogP contribution is 2.21. The molecule has 0 aliphatic heterocycles. The lowest BCUT2D eigenvalue weighted by Gasteiger charge is -2.14. The molecule has 106 valence electrons. The first-order valence-corrected chi connectivity index (χ1v) is 7.27. The molecule has 0 fully saturated rings. The SMILES string of the molecule is COCCn1c(-c2ccc(Cl)cc2)ccc(CS)c1=O. The standard InChI is InChI=1S/C15H16ClNO2S/c1-19-9-8-17-14(7-4-12(10-20)15(17)18)11-2-5-13(16)6-3-11/h2-7,20H,8-10H2,1H3. The molecule has 0 radical (unpaired) electrons. The van der Waals surface area contributed by atoms with Crippen LogP contribution in [-0.2, 0) is 17.0 Å². The third kappa shape index (κ3) is 3.26. The molecule has 0 N–H and O–H groups in total. The smallest absolute Gasteiger partial charge is 0.255 e. The first-order valence-electron chi connectivity index (χ1n) is 6.26. The summed E-state index contributed by atoms with van der Waals surface area (Å²) in [5, 5.41) is 0.673. The molecule has 0 unspecified atom stereocenters. The second-order valence-electron chi connectivity index (χ2n) is 4.36. The molecule has 1 heterocycles. The van der Waals surface area contributed by atoms with Gasteiger partial charge in [0.25, 0.3) is 5.56 Å². The van der Waals surface area contributed by atoms with E-state index in [2.05, 4.69) is 12.6 Å². The Morgan fingerprint density at radius 3 is 2.50 bits per heavy atom. The summed E-state index contributed by atoms with van der Waals surface area (Å²) in [6.07, 6.45) is 0. The second kappa shape index (κ2) is 6.97. The lowest BCUT2D eigenvalue weighted by atomic mass is 10.1. The van der Waals surface area contributed by atoms with E-state index in [1.807, 2.05) is 36.4 Å². The molecule has 20 heavy (non-hydrogen) atoms. The van der Waals surface area contributed by atoms with Gasteiger partial charge in [-0.05, 0) is 23.8 Å². The average molecular weight is 310 g/mol. The number of thiol groups is 1. The Bertz CT molecular complexity index is 637. The summed E-state index contributed by atoms with van der Waals surface area (Å²) in [6, 6.07) is 11.2. The van der Waals surface area contributed by atoms with Crippen LogP contribution in [0.3, 0.4) is 0 Å². The van der Waals surface area contributed by atoms with Crippen molar-refractivity contribution < 1.29 is 4.74 Å². The van der Waals surface area contributed by atoms with E-state index in [4.69, 9.17) is 16.3 Å². The normalized spacial score (nSPS) is 10.8. The number of hydrogen-bond acceptors (Lipinski definition) is 3. The summed E-state index contributed by atoms with van der Waals surface area (Å²) in [5.74, 6) is 0.423. The quantitative estimate of drug-likeness (QED) is 0.860. The number of pyridine rings is 1. The fourth-order valence-electron chi connectivity index (χ4n) is 2.02. The Hall–Kier alpha value is -1.23. The number of hydrogen-bond donors (Lipinski definition) is 1. The number of rotatable bonds is 5. The minimum atomic E-state index is -0.0236. The van der Waals surface area contributed by atoms with Gasteiger partial charge >= 0.3 is 0 Å². The predicted molar refractivity (Wildman–Crippen MR) is 85.7 cm³/mol. The Morgan fingerprint density at radius 1 is 1.20 bits per heavy atom. The van der Waals surface area contributed by atoms with Crippen LogP contribution in [0.15, 0.2) is 41.2 Å². The summed E-state index contributed by atoms with van der Waals surface area (Å²) in [5.41, 5.74) is 2.47. The molecule has 2 aromatic rings. The van der Waals surface area contributed by atoms with Crippen LogP contribution in [0.5, 0.6) is 0 Å². The molecule has 3 nitrogen and oxygen atoms in total. The largest absolute Gasteiger partial charge is 0.383 e. The van der Waals surface area contributed by atoms with E-state index in [-0.39, 0.29) is 5.56 Å². The van der Waals surface area contributed by atoms with E-state index in [1.54, 1.807) is 11.7 Å². The summed E-state index contributed by atoms with van der Waals surface area (Å²) in [6.45, 7) is 0.992. The summed E-state index contributed by atoms with van der Waals surface area (Å²) < 4.78 is 6.80. The maximum Gasteiger partial charge on any atom is 0.255 e. The van der Waals surface area contributed by atoms with Gasteiger partial charge in [-0.25, -0.2) is 0 Å². The van der Waals surface area contributed by atoms with Crippen LogP contribution < -0.4 is 5.56 Å². The first kappa shape index (κ1) is 15.2. The van der Waals surface area contributed by atoms with Crippen molar-refractivity contribution in [2.24, 2.45) is 0 Å². The molecule has 1 aromatic heterocycles. The fraction of sp³-hybridized carbons (Fsp3) is 0.267. The molecule has 0 spiro atoms. The predicted octanol–water partition coefficient (Wildman–Crippen LogP) is 3.24. The number of benzene rings is 1. The van der Waals surface area contributed by atoms with Crippen LogP contribution in [0, 0.1) is 0 Å². The number of methoxy groups -OCH3 is 1. The van der Waals surface area contributed by atoms with E-state index in [0.717, 1.165) is 11.3 Å². The van der Waals surface area contributed by atoms with E-state index in [9.17, 15) is 4.79 Å². The number of aromatic nitrogens is 1. The maximum absolute atomic E-state index is 12.4. The van der Waals surface area contributed by atoms with Gasteiger partial charge in [-0.3, -0.25) is 4.79 Å². The molecular formula is C15H16ClNO2S. The Balaban J connectivity index is 2.54. The van der Waals surface area contributed by atoms with E-state index in [1.165, 1.54) is 0 Å². The van der Waals surface area contributed by atoms with Crippen LogP contribution in [0.4, 0.5) is 0 Å². The number of nitrogens with zero attached hydrogens (tertiary/aromatic N) is 1. The molecule has 0 saturated carbocycles. The van der Waals surface area contributed by atoms with Crippen LogP contribution in [0.25, 0.3) is 11.3 Å². The topological polar surface area (TPSA) is 31.2 Å². The minimum absolute atomic E-state index is 0.0236. The van der Waals surface area contributed by atoms with Crippen molar-refractivity contribution in [3.8, 4) is 11.3 Å². The molecule has 0 aliphatic carbocycles. The Kier molecular flexibility index (Phi) is 5.29. The summed E-state index contributed by atoms with van der Waals surface area (Å²) in [4.78, 5) is 12.4. The van der Waals surface area contributed by atoms with E-state index in [0.29, 0.717) is 29.5 Å². The van der Waals surface area contributed by atoms with Crippen molar-refractivity contribution in [2.45, 2.75) is 12.3 Å². The van der Waals surface area contributed by atoms with Crippen molar-refractivity contribution in [1.29, 1.82) is 0 Å². The van der Waals surface area contributed by atoms with Crippen molar-refractivity contribution in [1.82, 2.24) is 4.57 Å². The van der Waals surface area contributed by atoms with Crippen molar-refractivity contribution in [3.05, 3.63) is 57.3 Å². The van der Waals surface area contributed by atoms with Gasteiger partial charge in [-0.1, -0.05) is 29.8 Å². The molecule has 1 aromatic carbocycles. The van der Waals surface area contributed by atoms with Gasteiger partial charge in [0.2, 0.25) is 0 Å². The highest BCUT2D eigenvalue weighted by atomic mass is 35.5. The van der Waals surface area contributed by atoms with Crippen LogP contribution in [0.2, 0.25) is 5.02 Å². The Labute approximate surface area is 128 Å². The molecule has 5 heteroatoms. The van der Waals surface area contributed by atoms with Gasteiger partial charge in [0, 0.05) is 30.0 Å². The van der Waals surface area contributed by atoms with Crippen molar-refractivity contribution in [3.63, 3.8) is 0 Å². The van der Waals surface area contributed by atoms with Gasteiger partial charge in [0.1, 0.15) is 0 Å². The average Bonchev–Trinajstić information content (AvgIpc) is 2.47. The van der Waals surface area contributed by atoms with E-state index < -0.39 is 0 Å². The lowest BCUT2D eigenvalue weighted by molar-refractivity contribution is 0.186. The highest BCUT2D eigenvalue weighted by molar-refractivity contribution is 7.79. The number of ether oxygens (including phenoxy) is 1. The van der Waals surface area contributed by atoms with Gasteiger partial charge in [-0.2, -0.15) is 12.6 Å². The molecule has 0 aliphatic rings. The lowest BCUT2D eigenvalue weighted by Crippen LogP contribution is -2.26. The highest BCUT2D eigenvalue weighted by Gasteiger charge is 2.09. The molecule has 0 amide bonds. The van der Waals surface area contributed by atoms with Gasteiger partial charge in [0.15, 0.2) is 0 Å². The summed E-state index contributed by atoms with van der Waals surface area (Å²) in [7, 11) is 1.62. The number of halogens is 1. The first-order chi connectivity index (χ1) is 9.67. The van der Waals surface area contributed by atoms with E-state index >= 15 is 0 Å².